The minimum absolute atomic E-state index is 0.420. The van der Waals surface area contributed by atoms with Crippen LogP contribution in [0.4, 0.5) is 0 Å². The smallest absolute Gasteiger partial charge is 0.0829 e. The van der Waals surface area contributed by atoms with Crippen LogP contribution in [0, 0.1) is 0 Å². The molecule has 3 heterocycles. The summed E-state index contributed by atoms with van der Waals surface area (Å²) in [6.07, 6.45) is 3.22. The Hall–Kier alpha value is -0.160. The van der Waals surface area contributed by atoms with Crippen LogP contribution in [0.25, 0.3) is 0 Å². The van der Waals surface area contributed by atoms with E-state index in [2.05, 4.69) is 28.5 Å². The molecule has 0 aromatic carbocycles. The number of hydrogen-bond donors (Lipinski definition) is 0. The third-order valence-electron chi connectivity index (χ3n) is 5.17. The van der Waals surface area contributed by atoms with Crippen LogP contribution in [0.15, 0.2) is 0 Å². The lowest BCUT2D eigenvalue weighted by Gasteiger charge is -2.44. The van der Waals surface area contributed by atoms with E-state index in [0.29, 0.717) is 12.1 Å². The molecule has 0 amide bonds. The van der Waals surface area contributed by atoms with Crippen LogP contribution in [-0.2, 0) is 4.74 Å². The summed E-state index contributed by atoms with van der Waals surface area (Å²) in [6, 6.07) is 1.51. The van der Waals surface area contributed by atoms with E-state index in [1.807, 2.05) is 0 Å². The molecule has 3 aliphatic rings. The molecular weight excluding hydrogens is 238 g/mol. The van der Waals surface area contributed by atoms with Gasteiger partial charge >= 0.3 is 0 Å². The van der Waals surface area contributed by atoms with Gasteiger partial charge in [0.25, 0.3) is 0 Å². The highest BCUT2D eigenvalue weighted by molar-refractivity contribution is 4.91. The summed E-state index contributed by atoms with van der Waals surface area (Å²) in [4.78, 5) is 7.89. The first kappa shape index (κ1) is 13.8. The summed E-state index contributed by atoms with van der Waals surface area (Å²) < 4.78 is 5.98. The van der Waals surface area contributed by atoms with E-state index in [4.69, 9.17) is 4.74 Å². The second-order valence-corrected chi connectivity index (χ2v) is 6.48. The highest BCUT2D eigenvalue weighted by Crippen LogP contribution is 2.25. The molecule has 4 nitrogen and oxygen atoms in total. The minimum atomic E-state index is 0.420. The highest BCUT2D eigenvalue weighted by Gasteiger charge is 2.35. The second-order valence-electron chi connectivity index (χ2n) is 6.48. The number of nitrogens with zero attached hydrogens (tertiary/aromatic N) is 3. The zero-order valence-electron chi connectivity index (χ0n) is 12.6. The molecule has 3 rings (SSSR count). The Bertz CT molecular complexity index is 299. The normalized spacial score (nSPS) is 38.5. The molecule has 0 aromatic rings. The summed E-state index contributed by atoms with van der Waals surface area (Å²) in [5, 5.41) is 0. The molecule has 0 N–H and O–H groups in total. The van der Waals surface area contributed by atoms with Crippen molar-refractivity contribution in [2.45, 2.75) is 44.9 Å². The molecule has 3 saturated heterocycles. The van der Waals surface area contributed by atoms with Crippen LogP contribution >= 0.6 is 0 Å². The van der Waals surface area contributed by atoms with E-state index in [9.17, 15) is 0 Å². The van der Waals surface area contributed by atoms with Gasteiger partial charge in [-0.2, -0.15) is 0 Å². The van der Waals surface area contributed by atoms with Gasteiger partial charge in [-0.25, -0.2) is 0 Å². The van der Waals surface area contributed by atoms with Crippen molar-refractivity contribution < 1.29 is 4.74 Å². The van der Waals surface area contributed by atoms with Crippen LogP contribution < -0.4 is 0 Å². The van der Waals surface area contributed by atoms with Crippen LogP contribution in [0.2, 0.25) is 0 Å². The van der Waals surface area contributed by atoms with E-state index in [1.165, 1.54) is 32.5 Å². The molecule has 19 heavy (non-hydrogen) atoms. The molecule has 0 radical (unpaired) electrons. The maximum Gasteiger partial charge on any atom is 0.0829 e. The Morgan fingerprint density at radius 3 is 2.89 bits per heavy atom. The molecule has 3 atom stereocenters. The Morgan fingerprint density at radius 1 is 1.16 bits per heavy atom. The van der Waals surface area contributed by atoms with Gasteiger partial charge in [0, 0.05) is 44.8 Å². The van der Waals surface area contributed by atoms with Crippen molar-refractivity contribution in [3.8, 4) is 0 Å². The molecular formula is C15H29N3O. The van der Waals surface area contributed by atoms with Crippen molar-refractivity contribution in [3.63, 3.8) is 0 Å². The fourth-order valence-corrected chi connectivity index (χ4v) is 3.94. The average Bonchev–Trinajstić information content (AvgIpc) is 2.86. The molecule has 0 saturated carbocycles. The third kappa shape index (κ3) is 3.13. The number of likely N-dealkylation sites (N-methyl/N-ethyl adjacent to an activating group) is 1. The molecule has 0 bridgehead atoms. The summed E-state index contributed by atoms with van der Waals surface area (Å²) in [5.74, 6) is 0. The molecule has 0 spiro atoms. The van der Waals surface area contributed by atoms with Crippen LogP contribution in [0.3, 0.4) is 0 Å². The average molecular weight is 267 g/mol. The number of hydrogen-bond acceptors (Lipinski definition) is 4. The van der Waals surface area contributed by atoms with Gasteiger partial charge in [-0.1, -0.05) is 6.92 Å². The molecule has 0 aliphatic carbocycles. The molecule has 3 unspecified atom stereocenters. The SMILES string of the molecule is CCN1CCOC(CN2CC3CCCN3CC2C)C1. The summed E-state index contributed by atoms with van der Waals surface area (Å²) in [6.45, 7) is 13.9. The quantitative estimate of drug-likeness (QED) is 0.755. The number of morpholine rings is 1. The Morgan fingerprint density at radius 2 is 2.05 bits per heavy atom. The maximum absolute atomic E-state index is 5.98. The first-order chi connectivity index (χ1) is 9.26. The number of ether oxygens (including phenoxy) is 1. The first-order valence-electron chi connectivity index (χ1n) is 8.08. The zero-order chi connectivity index (χ0) is 13.2. The van der Waals surface area contributed by atoms with Crippen LogP contribution in [0.1, 0.15) is 26.7 Å². The van der Waals surface area contributed by atoms with E-state index in [-0.39, 0.29) is 0 Å². The molecule has 3 fully saturated rings. The van der Waals surface area contributed by atoms with Crippen LogP contribution in [0.5, 0.6) is 0 Å². The molecule has 110 valence electrons. The van der Waals surface area contributed by atoms with Gasteiger partial charge in [0.15, 0.2) is 0 Å². The van der Waals surface area contributed by atoms with Gasteiger partial charge in [0.05, 0.1) is 12.7 Å². The number of rotatable bonds is 3. The lowest BCUT2D eigenvalue weighted by atomic mass is 10.1. The van der Waals surface area contributed by atoms with Crippen molar-refractivity contribution in [1.29, 1.82) is 0 Å². The van der Waals surface area contributed by atoms with Gasteiger partial charge in [-0.05, 0) is 32.9 Å². The predicted molar refractivity (Wildman–Crippen MR) is 77.5 cm³/mol. The Kier molecular flexibility index (Phi) is 4.42. The van der Waals surface area contributed by atoms with E-state index >= 15 is 0 Å². The van der Waals surface area contributed by atoms with E-state index < -0.39 is 0 Å². The van der Waals surface area contributed by atoms with Crippen LogP contribution in [-0.4, -0.2) is 85.3 Å². The van der Waals surface area contributed by atoms with Crippen molar-refractivity contribution in [2.75, 3.05) is 52.4 Å². The van der Waals surface area contributed by atoms with Crippen molar-refractivity contribution in [2.24, 2.45) is 0 Å². The van der Waals surface area contributed by atoms with Crippen molar-refractivity contribution in [1.82, 2.24) is 14.7 Å². The van der Waals surface area contributed by atoms with Crippen molar-refractivity contribution >= 4 is 0 Å². The number of piperazine rings is 1. The monoisotopic (exact) mass is 267 g/mol. The fraction of sp³-hybridized carbons (Fsp3) is 1.00. The predicted octanol–water partition coefficient (Wildman–Crippen LogP) is 0.876. The summed E-state index contributed by atoms with van der Waals surface area (Å²) in [7, 11) is 0. The Balaban J connectivity index is 1.53. The van der Waals surface area contributed by atoms with E-state index in [0.717, 1.165) is 38.8 Å². The lowest BCUT2D eigenvalue weighted by molar-refractivity contribution is -0.0581. The molecule has 0 aromatic heterocycles. The van der Waals surface area contributed by atoms with Gasteiger partial charge in [-0.15, -0.1) is 0 Å². The standard InChI is InChI=1S/C15H29N3O/c1-3-16-7-8-19-15(11-16)12-18-10-14-5-4-6-17(14)9-13(18)2/h13-15H,3-12H2,1-2H3. The van der Waals surface area contributed by atoms with Gasteiger partial charge in [0.1, 0.15) is 0 Å². The summed E-state index contributed by atoms with van der Waals surface area (Å²) in [5.41, 5.74) is 0. The minimum Gasteiger partial charge on any atom is -0.374 e. The molecule has 4 heteroatoms. The topological polar surface area (TPSA) is 19.0 Å². The van der Waals surface area contributed by atoms with Crippen molar-refractivity contribution in [3.05, 3.63) is 0 Å². The fourth-order valence-electron chi connectivity index (χ4n) is 3.94. The van der Waals surface area contributed by atoms with Gasteiger partial charge in [-0.3, -0.25) is 14.7 Å². The number of fused-ring (bicyclic) bond motifs is 1. The van der Waals surface area contributed by atoms with Gasteiger partial charge < -0.3 is 4.74 Å². The first-order valence-corrected chi connectivity index (χ1v) is 8.08. The maximum atomic E-state index is 5.98. The Labute approximate surface area is 117 Å². The van der Waals surface area contributed by atoms with Gasteiger partial charge in [0.2, 0.25) is 0 Å². The zero-order valence-corrected chi connectivity index (χ0v) is 12.6. The largest absolute Gasteiger partial charge is 0.374 e. The third-order valence-corrected chi connectivity index (χ3v) is 5.17. The highest BCUT2D eigenvalue weighted by atomic mass is 16.5. The second kappa shape index (κ2) is 6.08. The summed E-state index contributed by atoms with van der Waals surface area (Å²) >= 11 is 0. The molecule has 3 aliphatic heterocycles. The lowest BCUT2D eigenvalue weighted by Crippen LogP contribution is -2.58. The van der Waals surface area contributed by atoms with E-state index in [1.54, 1.807) is 0 Å².